The molecule has 0 fully saturated rings. The Kier molecular flexibility index (Phi) is 3.02. The zero-order valence-electron chi connectivity index (χ0n) is 11.0. The third kappa shape index (κ3) is 2.41. The molecule has 0 atom stereocenters. The lowest BCUT2D eigenvalue weighted by Gasteiger charge is -1.98. The van der Waals surface area contributed by atoms with Crippen LogP contribution >= 0.6 is 0 Å². The maximum Gasteiger partial charge on any atom is 0.267 e. The Morgan fingerprint density at radius 3 is 2.67 bits per heavy atom. The number of primary amides is 1. The zero-order valence-corrected chi connectivity index (χ0v) is 11.0. The van der Waals surface area contributed by atoms with Gasteiger partial charge >= 0.3 is 0 Å². The fourth-order valence-electron chi connectivity index (χ4n) is 2.32. The van der Waals surface area contributed by atoms with Gasteiger partial charge in [-0.15, -0.1) is 0 Å². The summed E-state index contributed by atoms with van der Waals surface area (Å²) in [5.74, 6) is -0.599. The van der Waals surface area contributed by atoms with Crippen molar-refractivity contribution in [2.24, 2.45) is 5.73 Å². The summed E-state index contributed by atoms with van der Waals surface area (Å²) < 4.78 is 0. The van der Waals surface area contributed by atoms with Gasteiger partial charge in [0.15, 0.2) is 5.78 Å². The Morgan fingerprint density at radius 1 is 1.29 bits per heavy atom. The monoisotopic (exact) mass is 280 g/mol. The van der Waals surface area contributed by atoms with Crippen molar-refractivity contribution >= 4 is 17.8 Å². The van der Waals surface area contributed by atoms with E-state index in [1.54, 1.807) is 30.3 Å². The number of aromatic hydroxyl groups is 1. The Labute approximate surface area is 120 Å². The number of Topliss-reactive ketones (excluding diaryl/α,β-unsaturated/α-hetero) is 1. The molecule has 2 aromatic rings. The predicted octanol–water partition coefficient (Wildman–Crippen LogP) is 1.71. The summed E-state index contributed by atoms with van der Waals surface area (Å²) in [7, 11) is 0. The first-order valence-corrected chi connectivity index (χ1v) is 6.37. The smallest absolute Gasteiger partial charge is 0.267 e. The highest BCUT2D eigenvalue weighted by atomic mass is 16.3. The number of rotatable bonds is 2. The number of hydrogen-bond acceptors (Lipinski definition) is 4. The molecule has 0 saturated heterocycles. The highest BCUT2D eigenvalue weighted by Gasteiger charge is 2.26. The van der Waals surface area contributed by atoms with Crippen LogP contribution in [0.15, 0.2) is 42.1 Å². The normalized spacial score (nSPS) is 15.2. The topological polar surface area (TPSA) is 93.3 Å². The fraction of sp³-hybridized carbons (Fsp3) is 0.0625. The molecule has 3 rings (SSSR count). The van der Waals surface area contributed by atoms with Crippen LogP contribution in [0.2, 0.25) is 0 Å². The van der Waals surface area contributed by atoms with E-state index in [2.05, 4.69) is 4.98 Å². The minimum Gasteiger partial charge on any atom is -0.508 e. The van der Waals surface area contributed by atoms with E-state index in [1.165, 1.54) is 12.3 Å². The fourth-order valence-corrected chi connectivity index (χ4v) is 2.32. The van der Waals surface area contributed by atoms with Gasteiger partial charge in [0.25, 0.3) is 5.91 Å². The largest absolute Gasteiger partial charge is 0.508 e. The maximum absolute atomic E-state index is 12.3. The van der Waals surface area contributed by atoms with Crippen molar-refractivity contribution in [2.45, 2.75) is 6.42 Å². The number of allylic oxidation sites excluding steroid dienone is 1. The molecule has 5 heteroatoms. The molecule has 1 aromatic carbocycles. The van der Waals surface area contributed by atoms with Crippen LogP contribution in [0, 0.1) is 0 Å². The molecule has 0 radical (unpaired) electrons. The van der Waals surface area contributed by atoms with E-state index in [0.29, 0.717) is 17.6 Å². The second-order valence-corrected chi connectivity index (χ2v) is 4.86. The van der Waals surface area contributed by atoms with E-state index < -0.39 is 5.91 Å². The van der Waals surface area contributed by atoms with Crippen LogP contribution in [0.3, 0.4) is 0 Å². The highest BCUT2D eigenvalue weighted by molar-refractivity contribution is 6.16. The number of hydrogen-bond donors (Lipinski definition) is 2. The first-order chi connectivity index (χ1) is 10.0. The SMILES string of the molecule is NC(=O)c1cc2c(cn1)C/C(=C\c1ccc(O)cc1)C2=O. The Balaban J connectivity index is 1.96. The van der Waals surface area contributed by atoms with E-state index in [-0.39, 0.29) is 17.2 Å². The van der Waals surface area contributed by atoms with Crippen LogP contribution in [0.25, 0.3) is 6.08 Å². The van der Waals surface area contributed by atoms with E-state index in [9.17, 15) is 14.7 Å². The van der Waals surface area contributed by atoms with Crippen LogP contribution in [0.5, 0.6) is 5.75 Å². The number of nitrogens with zero attached hydrogens (tertiary/aromatic N) is 1. The molecule has 21 heavy (non-hydrogen) atoms. The first kappa shape index (κ1) is 13.1. The van der Waals surface area contributed by atoms with Gasteiger partial charge in [0.1, 0.15) is 11.4 Å². The van der Waals surface area contributed by atoms with Gasteiger partial charge in [-0.1, -0.05) is 12.1 Å². The molecule has 0 aliphatic heterocycles. The highest BCUT2D eigenvalue weighted by Crippen LogP contribution is 2.28. The summed E-state index contributed by atoms with van der Waals surface area (Å²) in [6, 6.07) is 8.02. The quantitative estimate of drug-likeness (QED) is 0.819. The third-order valence-corrected chi connectivity index (χ3v) is 3.39. The van der Waals surface area contributed by atoms with Gasteiger partial charge in [-0.3, -0.25) is 14.6 Å². The molecule has 0 saturated carbocycles. The molecule has 3 N–H and O–H groups in total. The van der Waals surface area contributed by atoms with Crippen LogP contribution in [-0.2, 0) is 6.42 Å². The average Bonchev–Trinajstić information content (AvgIpc) is 2.77. The number of fused-ring (bicyclic) bond motifs is 1. The van der Waals surface area contributed by atoms with E-state index in [1.807, 2.05) is 0 Å². The molecule has 1 aromatic heterocycles. The van der Waals surface area contributed by atoms with Crippen LogP contribution in [0.4, 0.5) is 0 Å². The van der Waals surface area contributed by atoms with Gasteiger partial charge in [-0.25, -0.2) is 0 Å². The number of pyridine rings is 1. The summed E-state index contributed by atoms with van der Waals surface area (Å²) in [6.07, 6.45) is 3.76. The Hall–Kier alpha value is -2.95. The maximum atomic E-state index is 12.3. The second-order valence-electron chi connectivity index (χ2n) is 4.86. The van der Waals surface area contributed by atoms with Crippen molar-refractivity contribution in [1.29, 1.82) is 0 Å². The number of nitrogens with two attached hydrogens (primary N) is 1. The van der Waals surface area contributed by atoms with Gasteiger partial charge in [0.2, 0.25) is 0 Å². The average molecular weight is 280 g/mol. The lowest BCUT2D eigenvalue weighted by molar-refractivity contribution is 0.0995. The van der Waals surface area contributed by atoms with Crippen molar-refractivity contribution in [3.63, 3.8) is 0 Å². The summed E-state index contributed by atoms with van der Waals surface area (Å²) in [6.45, 7) is 0. The Morgan fingerprint density at radius 2 is 2.00 bits per heavy atom. The second kappa shape index (κ2) is 4.86. The van der Waals surface area contributed by atoms with E-state index in [0.717, 1.165) is 11.1 Å². The van der Waals surface area contributed by atoms with Crippen LogP contribution < -0.4 is 5.73 Å². The molecule has 0 spiro atoms. The lowest BCUT2D eigenvalue weighted by Crippen LogP contribution is -2.13. The molecule has 1 amide bonds. The van der Waals surface area contributed by atoms with Crippen molar-refractivity contribution in [3.05, 3.63) is 64.5 Å². The van der Waals surface area contributed by atoms with E-state index >= 15 is 0 Å². The minimum atomic E-state index is -0.651. The van der Waals surface area contributed by atoms with Crippen molar-refractivity contribution in [3.8, 4) is 5.75 Å². The van der Waals surface area contributed by atoms with Crippen molar-refractivity contribution in [2.75, 3.05) is 0 Å². The molecular formula is C16H12N2O3. The van der Waals surface area contributed by atoms with Crippen molar-refractivity contribution in [1.82, 2.24) is 4.98 Å². The molecule has 1 aliphatic rings. The van der Waals surface area contributed by atoms with Crippen molar-refractivity contribution < 1.29 is 14.7 Å². The van der Waals surface area contributed by atoms with Gasteiger partial charge in [0.05, 0.1) is 0 Å². The standard InChI is InChI=1S/C16H12N2O3/c17-16(21)14-7-13-11(8-18-14)6-10(15(13)20)5-9-1-3-12(19)4-2-9/h1-5,7-8,19H,6H2,(H2,17,21)/b10-5+. The number of aromatic nitrogens is 1. The number of carbonyl (C=O) groups excluding carboxylic acids is 2. The number of amides is 1. The summed E-state index contributed by atoms with van der Waals surface area (Å²) in [5.41, 5.74) is 7.98. The molecule has 5 nitrogen and oxygen atoms in total. The summed E-state index contributed by atoms with van der Waals surface area (Å²) >= 11 is 0. The molecule has 0 unspecified atom stereocenters. The minimum absolute atomic E-state index is 0.0907. The number of ketones is 1. The molecule has 1 aliphatic carbocycles. The first-order valence-electron chi connectivity index (χ1n) is 6.37. The molecule has 104 valence electrons. The zero-order chi connectivity index (χ0) is 15.0. The third-order valence-electron chi connectivity index (χ3n) is 3.39. The van der Waals surface area contributed by atoms with Gasteiger partial charge in [-0.2, -0.15) is 0 Å². The van der Waals surface area contributed by atoms with Crippen LogP contribution in [-0.4, -0.2) is 21.8 Å². The summed E-state index contributed by atoms with van der Waals surface area (Å²) in [5, 5.41) is 9.25. The number of phenolic OH excluding ortho intramolecular Hbond substituents is 1. The number of phenols is 1. The molecular weight excluding hydrogens is 268 g/mol. The van der Waals surface area contributed by atoms with Gasteiger partial charge < -0.3 is 10.8 Å². The summed E-state index contributed by atoms with van der Waals surface area (Å²) in [4.78, 5) is 27.4. The molecule has 1 heterocycles. The van der Waals surface area contributed by atoms with E-state index in [4.69, 9.17) is 5.73 Å². The lowest BCUT2D eigenvalue weighted by atomic mass is 10.1. The number of benzene rings is 1. The van der Waals surface area contributed by atoms with Crippen LogP contribution in [0.1, 0.15) is 32.0 Å². The Bertz CT molecular complexity index is 777. The predicted molar refractivity (Wildman–Crippen MR) is 76.9 cm³/mol. The molecule has 0 bridgehead atoms. The van der Waals surface area contributed by atoms with Gasteiger partial charge in [-0.05, 0) is 35.4 Å². The van der Waals surface area contributed by atoms with Gasteiger partial charge in [0, 0.05) is 23.8 Å². The number of carbonyl (C=O) groups is 2.